The minimum absolute atomic E-state index is 0.0298. The Labute approximate surface area is 142 Å². The van der Waals surface area contributed by atoms with Crippen LogP contribution in [-0.2, 0) is 9.59 Å². The summed E-state index contributed by atoms with van der Waals surface area (Å²) in [5, 5.41) is 10.9. The molecule has 4 aliphatic rings. The molecule has 0 aromatic rings. The molecule has 3 fully saturated rings. The van der Waals surface area contributed by atoms with Gasteiger partial charge in [-0.3, -0.25) is 9.59 Å². The fourth-order valence-corrected chi connectivity index (χ4v) is 6.33. The highest BCUT2D eigenvalue weighted by molar-refractivity contribution is 6.01. The SMILES string of the molecule is C[C@@H]1C[C@H]2[C@@H]3CCC4=CC(=O)C=C[C@]4(C)C3(F)[C@@H](O)C[C@]2(C)C1=O. The maximum atomic E-state index is 16.6. The Hall–Kier alpha value is -1.29. The maximum Gasteiger partial charge on any atom is 0.178 e. The van der Waals surface area contributed by atoms with E-state index in [4.69, 9.17) is 0 Å². The zero-order chi connectivity index (χ0) is 17.5. The third kappa shape index (κ3) is 1.66. The van der Waals surface area contributed by atoms with Crippen LogP contribution < -0.4 is 0 Å². The first-order chi connectivity index (χ1) is 11.1. The van der Waals surface area contributed by atoms with Crippen molar-refractivity contribution in [2.45, 2.75) is 58.2 Å². The number of fused-ring (bicyclic) bond motifs is 5. The number of rotatable bonds is 0. The Bertz CT molecular complexity index is 695. The molecule has 4 rings (SSSR count). The molecule has 24 heavy (non-hydrogen) atoms. The summed E-state index contributed by atoms with van der Waals surface area (Å²) in [7, 11) is 0. The van der Waals surface area contributed by atoms with Crippen LogP contribution in [0.3, 0.4) is 0 Å². The standard InChI is InChI=1S/C20H25FO3/c1-11-8-15-14-5-4-12-9-13(22)6-7-19(12,3)20(14,21)16(23)10-18(15,2)17(11)24/h6-7,9,11,14-16,23H,4-5,8,10H2,1-3H3/t11-,14+,15+,16+,18+,19+,20?/m1/s1. The van der Waals surface area contributed by atoms with E-state index in [0.717, 1.165) is 5.57 Å². The number of carbonyl (C=O) groups is 2. The minimum Gasteiger partial charge on any atom is -0.390 e. The van der Waals surface area contributed by atoms with Crippen LogP contribution in [0.25, 0.3) is 0 Å². The highest BCUT2D eigenvalue weighted by Crippen LogP contribution is 2.67. The molecule has 130 valence electrons. The van der Waals surface area contributed by atoms with Gasteiger partial charge in [0.1, 0.15) is 5.78 Å². The van der Waals surface area contributed by atoms with Crippen LogP contribution in [0.4, 0.5) is 4.39 Å². The van der Waals surface area contributed by atoms with Gasteiger partial charge in [0.15, 0.2) is 11.5 Å². The van der Waals surface area contributed by atoms with E-state index < -0.39 is 22.6 Å². The number of carbonyl (C=O) groups excluding carboxylic acids is 2. The number of allylic oxidation sites excluding steroid dienone is 4. The molecule has 4 heteroatoms. The van der Waals surface area contributed by atoms with Crippen molar-refractivity contribution in [3.05, 3.63) is 23.8 Å². The van der Waals surface area contributed by atoms with Crippen LogP contribution in [0.1, 0.15) is 46.5 Å². The summed E-state index contributed by atoms with van der Waals surface area (Å²) in [6.07, 6.45) is 5.57. The van der Waals surface area contributed by atoms with E-state index in [-0.39, 0.29) is 35.7 Å². The Balaban J connectivity index is 1.84. The second-order valence-electron chi connectivity index (χ2n) is 8.77. The fourth-order valence-electron chi connectivity index (χ4n) is 6.33. The minimum atomic E-state index is -1.82. The summed E-state index contributed by atoms with van der Waals surface area (Å²) in [4.78, 5) is 24.4. The van der Waals surface area contributed by atoms with E-state index in [0.29, 0.717) is 19.3 Å². The van der Waals surface area contributed by atoms with Crippen molar-refractivity contribution in [3.8, 4) is 0 Å². The quantitative estimate of drug-likeness (QED) is 0.741. The third-order valence-corrected chi connectivity index (χ3v) is 7.65. The monoisotopic (exact) mass is 332 g/mol. The highest BCUT2D eigenvalue weighted by atomic mass is 19.1. The van der Waals surface area contributed by atoms with Crippen LogP contribution in [0.2, 0.25) is 0 Å². The number of aliphatic hydroxyl groups is 1. The van der Waals surface area contributed by atoms with E-state index in [2.05, 4.69) is 0 Å². The molecule has 0 aromatic heterocycles. The van der Waals surface area contributed by atoms with Crippen molar-refractivity contribution in [2.24, 2.45) is 28.6 Å². The number of alkyl halides is 1. The van der Waals surface area contributed by atoms with Crippen molar-refractivity contribution < 1.29 is 19.1 Å². The lowest BCUT2D eigenvalue weighted by molar-refractivity contribution is -0.190. The number of aliphatic hydroxyl groups excluding tert-OH is 1. The molecule has 0 aromatic carbocycles. The summed E-state index contributed by atoms with van der Waals surface area (Å²) in [6, 6.07) is 0. The smallest absolute Gasteiger partial charge is 0.178 e. The summed E-state index contributed by atoms with van der Waals surface area (Å²) in [5.74, 6) is -0.375. The molecule has 4 aliphatic carbocycles. The van der Waals surface area contributed by atoms with Gasteiger partial charge in [-0.2, -0.15) is 0 Å². The second kappa shape index (κ2) is 4.66. The predicted octanol–water partition coefficient (Wildman–Crippen LogP) is 3.17. The number of hydrogen-bond acceptors (Lipinski definition) is 3. The number of halogens is 1. The summed E-state index contributed by atoms with van der Waals surface area (Å²) >= 11 is 0. The van der Waals surface area contributed by atoms with Crippen LogP contribution in [0.5, 0.6) is 0 Å². The van der Waals surface area contributed by atoms with Crippen LogP contribution in [0, 0.1) is 28.6 Å². The van der Waals surface area contributed by atoms with E-state index in [1.165, 1.54) is 6.08 Å². The van der Waals surface area contributed by atoms with E-state index in [9.17, 15) is 14.7 Å². The van der Waals surface area contributed by atoms with Gasteiger partial charge in [0.05, 0.1) is 6.10 Å². The normalized spacial score (nSPS) is 53.3. The van der Waals surface area contributed by atoms with Crippen molar-refractivity contribution in [2.75, 3.05) is 0 Å². The zero-order valence-corrected chi connectivity index (χ0v) is 14.5. The van der Waals surface area contributed by atoms with E-state index >= 15 is 4.39 Å². The van der Waals surface area contributed by atoms with Crippen molar-refractivity contribution >= 4 is 11.6 Å². The lowest BCUT2D eigenvalue weighted by atomic mass is 9.46. The third-order valence-electron chi connectivity index (χ3n) is 7.65. The van der Waals surface area contributed by atoms with Gasteiger partial charge in [-0.15, -0.1) is 0 Å². The molecule has 3 nitrogen and oxygen atoms in total. The van der Waals surface area contributed by atoms with Gasteiger partial charge < -0.3 is 5.11 Å². The summed E-state index contributed by atoms with van der Waals surface area (Å²) < 4.78 is 16.6. The Morgan fingerprint density at radius 2 is 1.96 bits per heavy atom. The fraction of sp³-hybridized carbons (Fsp3) is 0.700. The molecule has 0 bridgehead atoms. The van der Waals surface area contributed by atoms with Gasteiger partial charge in [0.25, 0.3) is 0 Å². The molecule has 0 saturated heterocycles. The average Bonchev–Trinajstić information content (AvgIpc) is 2.74. The van der Waals surface area contributed by atoms with Crippen molar-refractivity contribution in [3.63, 3.8) is 0 Å². The maximum absolute atomic E-state index is 16.6. The lowest BCUT2D eigenvalue weighted by Gasteiger charge is -2.60. The number of ketones is 2. The Morgan fingerprint density at radius 3 is 2.67 bits per heavy atom. The summed E-state index contributed by atoms with van der Waals surface area (Å²) in [6.45, 7) is 5.65. The molecular weight excluding hydrogens is 307 g/mol. The molecular formula is C20H25FO3. The van der Waals surface area contributed by atoms with Crippen LogP contribution >= 0.6 is 0 Å². The number of Topliss-reactive ketones (excluding diaryl/α,β-unsaturated/α-hetero) is 1. The van der Waals surface area contributed by atoms with Gasteiger partial charge >= 0.3 is 0 Å². The van der Waals surface area contributed by atoms with Gasteiger partial charge in [-0.05, 0) is 50.7 Å². The molecule has 0 radical (unpaired) electrons. The van der Waals surface area contributed by atoms with Gasteiger partial charge in [-0.1, -0.05) is 25.5 Å². The highest BCUT2D eigenvalue weighted by Gasteiger charge is 2.71. The average molecular weight is 332 g/mol. The lowest BCUT2D eigenvalue weighted by Crippen LogP contribution is -2.66. The topological polar surface area (TPSA) is 54.4 Å². The summed E-state index contributed by atoms with van der Waals surface area (Å²) in [5.41, 5.74) is -2.61. The molecule has 1 N–H and O–H groups in total. The van der Waals surface area contributed by atoms with Gasteiger partial charge in [0, 0.05) is 22.7 Å². The molecule has 0 heterocycles. The van der Waals surface area contributed by atoms with E-state index in [1.807, 2.05) is 13.8 Å². The number of hydrogen-bond donors (Lipinski definition) is 1. The second-order valence-corrected chi connectivity index (χ2v) is 8.77. The Kier molecular flexibility index (Phi) is 3.14. The van der Waals surface area contributed by atoms with Crippen LogP contribution in [-0.4, -0.2) is 28.4 Å². The van der Waals surface area contributed by atoms with Crippen molar-refractivity contribution in [1.82, 2.24) is 0 Å². The Morgan fingerprint density at radius 1 is 1.25 bits per heavy atom. The molecule has 0 spiro atoms. The largest absolute Gasteiger partial charge is 0.390 e. The van der Waals surface area contributed by atoms with E-state index in [1.54, 1.807) is 19.1 Å². The first-order valence-corrected chi connectivity index (χ1v) is 9.00. The zero-order valence-electron chi connectivity index (χ0n) is 14.5. The molecule has 0 amide bonds. The molecule has 7 atom stereocenters. The van der Waals surface area contributed by atoms with Gasteiger partial charge in [-0.25, -0.2) is 4.39 Å². The first kappa shape index (κ1) is 16.2. The van der Waals surface area contributed by atoms with Crippen LogP contribution in [0.15, 0.2) is 23.8 Å². The van der Waals surface area contributed by atoms with Gasteiger partial charge in [0.2, 0.25) is 0 Å². The molecule has 1 unspecified atom stereocenters. The molecule has 0 aliphatic heterocycles. The predicted molar refractivity (Wildman–Crippen MR) is 87.9 cm³/mol. The van der Waals surface area contributed by atoms with Crippen molar-refractivity contribution in [1.29, 1.82) is 0 Å². The molecule has 3 saturated carbocycles. The first-order valence-electron chi connectivity index (χ1n) is 9.00.